The number of nitrogens with zero attached hydrogens (tertiary/aromatic N) is 1. The molecule has 262 valence electrons. The third-order valence-electron chi connectivity index (χ3n) is 8.82. The molecule has 1 saturated carbocycles. The van der Waals surface area contributed by atoms with Crippen LogP contribution in [0, 0.1) is 11.8 Å². The van der Waals surface area contributed by atoms with Crippen molar-refractivity contribution in [2.75, 3.05) is 19.6 Å². The van der Waals surface area contributed by atoms with Gasteiger partial charge in [-0.15, -0.1) is 0 Å². The van der Waals surface area contributed by atoms with Gasteiger partial charge in [-0.25, -0.2) is 4.79 Å². The maximum Gasteiger partial charge on any atom is 0.491 e. The third-order valence-corrected chi connectivity index (χ3v) is 8.82. The second kappa shape index (κ2) is 17.0. The number of halogens is 3. The van der Waals surface area contributed by atoms with Crippen LogP contribution in [0.25, 0.3) is 17.2 Å². The fourth-order valence-corrected chi connectivity index (χ4v) is 6.12. The Hall–Kier alpha value is -5.16. The molecule has 2 amide bonds. The quantitative estimate of drug-likeness (QED) is 0.0874. The first-order valence-corrected chi connectivity index (χ1v) is 16.6. The molecule has 1 heterocycles. The number of alkyl halides is 3. The second-order valence-corrected chi connectivity index (χ2v) is 12.5. The van der Waals surface area contributed by atoms with E-state index in [9.17, 15) is 27.6 Å². The zero-order valence-electron chi connectivity index (χ0n) is 27.5. The molecule has 1 aliphatic rings. The number of rotatable bonds is 13. The van der Waals surface area contributed by atoms with E-state index in [4.69, 9.17) is 10.2 Å². The molecule has 0 spiro atoms. The number of nitrogens with two attached hydrogens (primary N) is 1. The van der Waals surface area contributed by atoms with E-state index >= 15 is 0 Å². The Morgan fingerprint density at radius 3 is 2.38 bits per heavy atom. The standard InChI is InChI=1S/C39H40F3N3O5/c40-39(41,42)38(48)50-35-14-12-27(13-15-35)18-19-45(36(46)17-16-34-11-4-20-49-34)26-30-7-2-8-31(22-30)32-9-3-10-33(23-32)37(47)44-25-29-6-1-5-28(21-29)24-43/h2-4,7-17,20,22-23,28-29H,1,5-6,18-19,21,24-26,43H2,(H,44,47). The monoisotopic (exact) mass is 687 g/mol. The van der Waals surface area contributed by atoms with Crippen LogP contribution in [0.4, 0.5) is 13.2 Å². The Bertz CT molecular complexity index is 1770. The molecule has 1 fully saturated rings. The summed E-state index contributed by atoms with van der Waals surface area (Å²) in [4.78, 5) is 39.3. The average molecular weight is 688 g/mol. The number of furan rings is 1. The molecule has 0 bridgehead atoms. The lowest BCUT2D eigenvalue weighted by atomic mass is 9.81. The summed E-state index contributed by atoms with van der Waals surface area (Å²) in [5.41, 5.74) is 9.79. The molecule has 1 aromatic heterocycles. The average Bonchev–Trinajstić information content (AvgIpc) is 3.66. The molecule has 3 N–H and O–H groups in total. The highest BCUT2D eigenvalue weighted by Crippen LogP contribution is 2.28. The van der Waals surface area contributed by atoms with Crippen molar-refractivity contribution in [3.05, 3.63) is 120 Å². The first-order chi connectivity index (χ1) is 24.1. The van der Waals surface area contributed by atoms with Crippen LogP contribution in [0.3, 0.4) is 0 Å². The summed E-state index contributed by atoms with van der Waals surface area (Å²) in [7, 11) is 0. The first-order valence-electron chi connectivity index (χ1n) is 16.6. The number of carbonyl (C=O) groups excluding carboxylic acids is 3. The van der Waals surface area contributed by atoms with Gasteiger partial charge in [-0.1, -0.05) is 48.9 Å². The van der Waals surface area contributed by atoms with Crippen LogP contribution in [0.5, 0.6) is 5.75 Å². The number of ether oxygens (including phenoxy) is 1. The number of hydrogen-bond acceptors (Lipinski definition) is 6. The van der Waals surface area contributed by atoms with E-state index in [1.165, 1.54) is 24.5 Å². The van der Waals surface area contributed by atoms with E-state index in [1.54, 1.807) is 41.3 Å². The second-order valence-electron chi connectivity index (χ2n) is 12.5. The van der Waals surface area contributed by atoms with Crippen molar-refractivity contribution in [1.29, 1.82) is 0 Å². The fraction of sp³-hybridized carbons (Fsp3) is 0.308. The van der Waals surface area contributed by atoms with E-state index in [0.717, 1.165) is 47.9 Å². The van der Waals surface area contributed by atoms with E-state index < -0.39 is 12.1 Å². The lowest BCUT2D eigenvalue weighted by molar-refractivity contribution is -0.189. The molecule has 3 aromatic carbocycles. The van der Waals surface area contributed by atoms with Crippen molar-refractivity contribution >= 4 is 23.9 Å². The zero-order valence-corrected chi connectivity index (χ0v) is 27.5. The highest BCUT2D eigenvalue weighted by molar-refractivity contribution is 5.95. The molecule has 4 aromatic rings. The highest BCUT2D eigenvalue weighted by atomic mass is 19.4. The van der Waals surface area contributed by atoms with Crippen molar-refractivity contribution in [3.63, 3.8) is 0 Å². The minimum atomic E-state index is -5.10. The van der Waals surface area contributed by atoms with Crippen molar-refractivity contribution in [2.24, 2.45) is 17.6 Å². The van der Waals surface area contributed by atoms with Gasteiger partial charge in [0.1, 0.15) is 11.5 Å². The van der Waals surface area contributed by atoms with Crippen LogP contribution in [0.2, 0.25) is 0 Å². The molecule has 8 nitrogen and oxygen atoms in total. The van der Waals surface area contributed by atoms with Gasteiger partial charge in [0.2, 0.25) is 5.91 Å². The SMILES string of the molecule is NCC1CCCC(CNC(=O)c2cccc(-c3cccc(CN(CCc4ccc(OC(=O)C(F)(F)F)cc4)C(=O)C=Cc4ccco4)c3)c2)C1. The van der Waals surface area contributed by atoms with Crippen LogP contribution in [-0.4, -0.2) is 48.5 Å². The van der Waals surface area contributed by atoms with Gasteiger partial charge in [-0.05, 0) is 115 Å². The smallest absolute Gasteiger partial charge is 0.465 e. The summed E-state index contributed by atoms with van der Waals surface area (Å²) in [5, 5.41) is 3.10. The van der Waals surface area contributed by atoms with Gasteiger partial charge in [0.15, 0.2) is 0 Å². The normalized spacial score (nSPS) is 16.2. The largest absolute Gasteiger partial charge is 0.491 e. The molecule has 2 unspecified atom stereocenters. The number of benzene rings is 3. The fourth-order valence-electron chi connectivity index (χ4n) is 6.12. The Morgan fingerprint density at radius 2 is 1.66 bits per heavy atom. The van der Waals surface area contributed by atoms with Gasteiger partial charge in [0, 0.05) is 31.3 Å². The number of hydrogen-bond donors (Lipinski definition) is 2. The topological polar surface area (TPSA) is 115 Å². The molecule has 0 saturated heterocycles. The first kappa shape index (κ1) is 36.1. The summed E-state index contributed by atoms with van der Waals surface area (Å²) in [6, 6.07) is 24.3. The Balaban J connectivity index is 1.26. The van der Waals surface area contributed by atoms with Gasteiger partial charge in [0.05, 0.1) is 6.26 Å². The third kappa shape index (κ3) is 10.4. The Morgan fingerprint density at radius 1 is 0.920 bits per heavy atom. The summed E-state index contributed by atoms with van der Waals surface area (Å²) in [5.74, 6) is -1.43. The molecule has 11 heteroatoms. The molecule has 0 radical (unpaired) electrons. The number of amides is 2. The summed E-state index contributed by atoms with van der Waals surface area (Å²) in [6.07, 6.45) is 4.23. The predicted octanol–water partition coefficient (Wildman–Crippen LogP) is 7.19. The van der Waals surface area contributed by atoms with E-state index in [0.29, 0.717) is 42.7 Å². The van der Waals surface area contributed by atoms with Gasteiger partial charge in [-0.2, -0.15) is 13.2 Å². The molecule has 1 aliphatic carbocycles. The summed E-state index contributed by atoms with van der Waals surface area (Å²) in [6.45, 7) is 1.87. The van der Waals surface area contributed by atoms with Gasteiger partial charge >= 0.3 is 12.1 Å². The van der Waals surface area contributed by atoms with Gasteiger partial charge in [0.25, 0.3) is 5.91 Å². The predicted molar refractivity (Wildman–Crippen MR) is 184 cm³/mol. The molecule has 5 rings (SSSR count). The summed E-state index contributed by atoms with van der Waals surface area (Å²) < 4.78 is 47.4. The van der Waals surface area contributed by atoms with Gasteiger partial charge in [-0.3, -0.25) is 9.59 Å². The Labute approximate surface area is 289 Å². The minimum absolute atomic E-state index is 0.121. The highest BCUT2D eigenvalue weighted by Gasteiger charge is 2.41. The van der Waals surface area contributed by atoms with Crippen LogP contribution >= 0.6 is 0 Å². The van der Waals surface area contributed by atoms with Gasteiger partial charge < -0.3 is 25.1 Å². The van der Waals surface area contributed by atoms with Crippen molar-refractivity contribution in [3.8, 4) is 16.9 Å². The van der Waals surface area contributed by atoms with Crippen molar-refractivity contribution in [2.45, 2.75) is 44.8 Å². The molecular formula is C39H40F3N3O5. The minimum Gasteiger partial charge on any atom is -0.465 e. The van der Waals surface area contributed by atoms with E-state index in [2.05, 4.69) is 10.1 Å². The molecule has 2 atom stereocenters. The maximum atomic E-state index is 13.4. The lowest BCUT2D eigenvalue weighted by Gasteiger charge is -2.28. The number of esters is 1. The summed E-state index contributed by atoms with van der Waals surface area (Å²) >= 11 is 0. The zero-order chi connectivity index (χ0) is 35.5. The number of carbonyl (C=O) groups is 3. The molecule has 0 aliphatic heterocycles. The van der Waals surface area contributed by atoms with Crippen LogP contribution in [0.1, 0.15) is 52.9 Å². The van der Waals surface area contributed by atoms with E-state index in [-0.39, 0.29) is 30.7 Å². The van der Waals surface area contributed by atoms with Crippen molar-refractivity contribution in [1.82, 2.24) is 10.2 Å². The maximum absolute atomic E-state index is 13.4. The molecular weight excluding hydrogens is 647 g/mol. The number of nitrogens with one attached hydrogen (secondary N) is 1. The lowest BCUT2D eigenvalue weighted by Crippen LogP contribution is -2.33. The Kier molecular flexibility index (Phi) is 12.3. The van der Waals surface area contributed by atoms with Crippen LogP contribution < -0.4 is 15.8 Å². The van der Waals surface area contributed by atoms with Crippen molar-refractivity contribution < 1.29 is 36.7 Å². The van der Waals surface area contributed by atoms with Crippen LogP contribution in [0.15, 0.2) is 102 Å². The molecule has 50 heavy (non-hydrogen) atoms. The van der Waals surface area contributed by atoms with Crippen LogP contribution in [-0.2, 0) is 22.6 Å². The van der Waals surface area contributed by atoms with E-state index in [1.807, 2.05) is 42.5 Å².